The van der Waals surface area contributed by atoms with Crippen LogP contribution in [0.4, 0.5) is 5.13 Å². The van der Waals surface area contributed by atoms with E-state index in [9.17, 15) is 9.59 Å². The smallest absolute Gasteiger partial charge is 0.253 e. The van der Waals surface area contributed by atoms with Crippen LogP contribution >= 0.6 is 57.9 Å². The normalized spacial score (nSPS) is 10.9. The number of carbonyl (C=O) groups is 2. The molecule has 2 amide bonds. The number of benzene rings is 2. The largest absolute Gasteiger partial charge is 0.345 e. The number of aromatic nitrogens is 5. The number of hydrogen-bond acceptors (Lipinski definition) is 8. The molecule has 0 unspecified atom stereocenters. The molecule has 35 heavy (non-hydrogen) atoms. The minimum absolute atomic E-state index is 0.0497. The fourth-order valence-corrected chi connectivity index (χ4v) is 5.00. The lowest BCUT2D eigenvalue weighted by Gasteiger charge is -2.12. The lowest BCUT2D eigenvalue weighted by molar-refractivity contribution is -0.113. The SMILES string of the molecule is Cc1nnc(NC(=O)CSc2nnc(CNC(=O)c3ccc(Cl)cc3Cl)n2-c2cccc(Cl)c2)s1. The van der Waals surface area contributed by atoms with Gasteiger partial charge in [0.1, 0.15) is 5.01 Å². The molecule has 0 aliphatic rings. The third-order valence-electron chi connectivity index (χ3n) is 4.45. The third kappa shape index (κ3) is 6.50. The second-order valence-electron chi connectivity index (χ2n) is 6.98. The highest BCUT2D eigenvalue weighted by atomic mass is 35.5. The molecule has 0 atom stereocenters. The van der Waals surface area contributed by atoms with Crippen LogP contribution in [-0.2, 0) is 11.3 Å². The average molecular weight is 569 g/mol. The molecule has 0 saturated heterocycles. The van der Waals surface area contributed by atoms with Crippen LogP contribution in [0, 0.1) is 6.92 Å². The summed E-state index contributed by atoms with van der Waals surface area (Å²) in [5.41, 5.74) is 0.960. The summed E-state index contributed by atoms with van der Waals surface area (Å²) < 4.78 is 1.72. The molecule has 2 N–H and O–H groups in total. The van der Waals surface area contributed by atoms with Crippen molar-refractivity contribution in [3.05, 3.63) is 73.9 Å². The van der Waals surface area contributed by atoms with E-state index in [0.717, 1.165) is 5.01 Å². The average Bonchev–Trinajstić information content (AvgIpc) is 3.41. The first-order valence-corrected chi connectivity index (χ1v) is 12.9. The van der Waals surface area contributed by atoms with Crippen molar-refractivity contribution >= 4 is 74.8 Å². The molecule has 9 nitrogen and oxygen atoms in total. The van der Waals surface area contributed by atoms with Crippen LogP contribution in [0.2, 0.25) is 15.1 Å². The summed E-state index contributed by atoms with van der Waals surface area (Å²) in [5, 5.41) is 24.5. The maximum Gasteiger partial charge on any atom is 0.253 e. The van der Waals surface area contributed by atoms with E-state index in [1.165, 1.54) is 29.2 Å². The van der Waals surface area contributed by atoms with E-state index in [2.05, 4.69) is 31.0 Å². The van der Waals surface area contributed by atoms with Gasteiger partial charge < -0.3 is 5.32 Å². The molecule has 0 radical (unpaired) electrons. The standard InChI is InChI=1S/C21H16Cl3N7O2S2/c1-11-27-29-20(35-11)26-18(32)10-34-21-30-28-17(31(21)14-4-2-3-12(22)7-14)9-25-19(33)15-6-5-13(23)8-16(15)24/h2-8H,9-10H2,1H3,(H,25,33)(H,26,29,32). The molecule has 0 bridgehead atoms. The molecule has 0 saturated carbocycles. The van der Waals surface area contributed by atoms with Crippen molar-refractivity contribution in [3.8, 4) is 5.69 Å². The number of thioether (sulfide) groups is 1. The highest BCUT2D eigenvalue weighted by Gasteiger charge is 2.18. The van der Waals surface area contributed by atoms with Gasteiger partial charge in [0.05, 0.1) is 28.6 Å². The van der Waals surface area contributed by atoms with E-state index < -0.39 is 5.91 Å². The zero-order valence-electron chi connectivity index (χ0n) is 18.0. The molecule has 2 aromatic heterocycles. The first kappa shape index (κ1) is 25.4. The van der Waals surface area contributed by atoms with E-state index in [-0.39, 0.29) is 28.8 Å². The van der Waals surface area contributed by atoms with Crippen LogP contribution in [0.15, 0.2) is 47.6 Å². The Morgan fingerprint density at radius 1 is 1.03 bits per heavy atom. The maximum atomic E-state index is 12.7. The lowest BCUT2D eigenvalue weighted by Crippen LogP contribution is -2.25. The molecule has 14 heteroatoms. The van der Waals surface area contributed by atoms with Crippen LogP contribution in [0.25, 0.3) is 5.69 Å². The zero-order chi connectivity index (χ0) is 24.9. The third-order valence-corrected chi connectivity index (χ3v) is 6.92. The molecule has 4 aromatic rings. The van der Waals surface area contributed by atoms with Gasteiger partial charge in [-0.25, -0.2) is 0 Å². The summed E-state index contributed by atoms with van der Waals surface area (Å²) in [6.07, 6.45) is 0. The van der Waals surface area contributed by atoms with Gasteiger partial charge in [-0.1, -0.05) is 64.0 Å². The number of hydrogen-bond donors (Lipinski definition) is 2. The summed E-state index contributed by atoms with van der Waals surface area (Å²) >= 11 is 20.7. The Kier molecular flexibility index (Phi) is 8.24. The van der Waals surface area contributed by atoms with Crippen molar-refractivity contribution in [1.29, 1.82) is 0 Å². The number of anilines is 1. The summed E-state index contributed by atoms with van der Waals surface area (Å²) in [6, 6.07) is 11.7. The highest BCUT2D eigenvalue weighted by Crippen LogP contribution is 2.25. The van der Waals surface area contributed by atoms with E-state index in [1.54, 1.807) is 41.8 Å². The van der Waals surface area contributed by atoms with Gasteiger partial charge in [0.2, 0.25) is 11.0 Å². The fraction of sp³-hybridized carbons (Fsp3) is 0.143. The van der Waals surface area contributed by atoms with Gasteiger partial charge in [0, 0.05) is 10.0 Å². The van der Waals surface area contributed by atoms with Crippen LogP contribution in [0.1, 0.15) is 21.2 Å². The number of nitrogens with zero attached hydrogens (tertiary/aromatic N) is 5. The summed E-state index contributed by atoms with van der Waals surface area (Å²) in [6.45, 7) is 1.85. The van der Waals surface area contributed by atoms with Crippen molar-refractivity contribution in [2.24, 2.45) is 0 Å². The molecule has 2 aromatic carbocycles. The molecule has 180 valence electrons. The molecular formula is C21H16Cl3N7O2S2. The van der Waals surface area contributed by atoms with Crippen LogP contribution < -0.4 is 10.6 Å². The van der Waals surface area contributed by atoms with Crippen molar-refractivity contribution in [2.75, 3.05) is 11.1 Å². The quantitative estimate of drug-likeness (QED) is 0.286. The number of amides is 2. The van der Waals surface area contributed by atoms with Gasteiger partial charge >= 0.3 is 0 Å². The monoisotopic (exact) mass is 567 g/mol. The van der Waals surface area contributed by atoms with Crippen LogP contribution in [0.5, 0.6) is 0 Å². The first-order valence-electron chi connectivity index (χ1n) is 9.96. The second-order valence-corrected chi connectivity index (χ2v) is 10.4. The van der Waals surface area contributed by atoms with Gasteiger partial charge in [-0.2, -0.15) is 0 Å². The van der Waals surface area contributed by atoms with Gasteiger partial charge in [-0.05, 0) is 43.3 Å². The summed E-state index contributed by atoms with van der Waals surface area (Å²) in [7, 11) is 0. The van der Waals surface area contributed by atoms with Gasteiger partial charge in [0.25, 0.3) is 5.91 Å². The molecule has 0 fully saturated rings. The highest BCUT2D eigenvalue weighted by molar-refractivity contribution is 7.99. The fourth-order valence-electron chi connectivity index (χ4n) is 2.94. The van der Waals surface area contributed by atoms with Gasteiger partial charge in [-0.15, -0.1) is 20.4 Å². The molecule has 0 aliphatic carbocycles. The summed E-state index contributed by atoms with van der Waals surface area (Å²) in [4.78, 5) is 25.0. The Balaban J connectivity index is 1.52. The Labute approximate surface area is 223 Å². The number of halogens is 3. The molecule has 4 rings (SSSR count). The minimum atomic E-state index is -0.395. The minimum Gasteiger partial charge on any atom is -0.345 e. The number of carbonyl (C=O) groups excluding carboxylic acids is 2. The molecular weight excluding hydrogens is 553 g/mol. The van der Waals surface area contributed by atoms with E-state index in [4.69, 9.17) is 34.8 Å². The van der Waals surface area contributed by atoms with Crippen molar-refractivity contribution in [2.45, 2.75) is 18.6 Å². The van der Waals surface area contributed by atoms with E-state index in [0.29, 0.717) is 31.8 Å². The number of rotatable bonds is 8. The Bertz CT molecular complexity index is 1390. The molecule has 0 aliphatic heterocycles. The Morgan fingerprint density at radius 3 is 2.54 bits per heavy atom. The number of nitrogens with one attached hydrogen (secondary N) is 2. The predicted octanol–water partition coefficient (Wildman–Crippen LogP) is 5.05. The Hall–Kier alpha value is -2.70. The number of aryl methyl sites for hydroxylation is 1. The van der Waals surface area contributed by atoms with Crippen molar-refractivity contribution in [1.82, 2.24) is 30.3 Å². The van der Waals surface area contributed by atoms with Crippen LogP contribution in [0.3, 0.4) is 0 Å². The second kappa shape index (κ2) is 11.4. The van der Waals surface area contributed by atoms with Gasteiger partial charge in [0.15, 0.2) is 11.0 Å². The predicted molar refractivity (Wildman–Crippen MR) is 138 cm³/mol. The topological polar surface area (TPSA) is 115 Å². The van der Waals surface area contributed by atoms with Gasteiger partial charge in [-0.3, -0.25) is 19.5 Å². The van der Waals surface area contributed by atoms with Crippen molar-refractivity contribution < 1.29 is 9.59 Å². The zero-order valence-corrected chi connectivity index (χ0v) is 21.9. The maximum absolute atomic E-state index is 12.7. The Morgan fingerprint density at radius 2 is 1.83 bits per heavy atom. The molecule has 2 heterocycles. The summed E-state index contributed by atoms with van der Waals surface area (Å²) in [5.74, 6) is -0.162. The first-order chi connectivity index (χ1) is 16.8. The van der Waals surface area contributed by atoms with E-state index >= 15 is 0 Å². The molecule has 0 spiro atoms. The van der Waals surface area contributed by atoms with Crippen molar-refractivity contribution in [3.63, 3.8) is 0 Å². The van der Waals surface area contributed by atoms with Crippen LogP contribution in [-0.4, -0.2) is 42.5 Å². The van der Waals surface area contributed by atoms with E-state index in [1.807, 2.05) is 6.07 Å². The lowest BCUT2D eigenvalue weighted by atomic mass is 10.2.